The topological polar surface area (TPSA) is 29.3 Å². The number of benzene rings is 1. The summed E-state index contributed by atoms with van der Waals surface area (Å²) < 4.78 is 13.7. The second-order valence-corrected chi connectivity index (χ2v) is 5.55. The number of thiocarbonyl (C=S) groups is 1. The molecule has 18 heavy (non-hydrogen) atoms. The molecule has 0 heterocycles. The fourth-order valence-corrected chi connectivity index (χ4v) is 2.28. The Bertz CT molecular complexity index is 428. The van der Waals surface area contributed by atoms with Crippen molar-refractivity contribution in [3.05, 3.63) is 34.6 Å². The molecule has 1 aromatic carbocycles. The van der Waals surface area contributed by atoms with Crippen LogP contribution in [0.2, 0.25) is 5.02 Å². The second kappa shape index (κ2) is 5.95. The van der Waals surface area contributed by atoms with E-state index in [1.54, 1.807) is 12.1 Å². The van der Waals surface area contributed by atoms with Crippen LogP contribution >= 0.6 is 23.8 Å². The molecule has 0 saturated heterocycles. The van der Waals surface area contributed by atoms with Crippen molar-refractivity contribution in [1.82, 2.24) is 4.90 Å². The Labute approximate surface area is 117 Å². The lowest BCUT2D eigenvalue weighted by Gasteiger charge is -2.22. The van der Waals surface area contributed by atoms with Crippen molar-refractivity contribution in [2.75, 3.05) is 6.54 Å². The maximum absolute atomic E-state index is 13.7. The Morgan fingerprint density at radius 1 is 1.50 bits per heavy atom. The van der Waals surface area contributed by atoms with Gasteiger partial charge in [-0.25, -0.2) is 4.39 Å². The largest absolute Gasteiger partial charge is 0.393 e. The third-order valence-electron chi connectivity index (χ3n) is 3.13. The van der Waals surface area contributed by atoms with Gasteiger partial charge < -0.3 is 5.73 Å². The number of nitrogens with zero attached hydrogens (tertiary/aromatic N) is 1. The van der Waals surface area contributed by atoms with Gasteiger partial charge in [0.05, 0.1) is 4.99 Å². The zero-order valence-electron chi connectivity index (χ0n) is 10.0. The van der Waals surface area contributed by atoms with Crippen LogP contribution in [0.25, 0.3) is 0 Å². The van der Waals surface area contributed by atoms with Gasteiger partial charge in [-0.2, -0.15) is 0 Å². The molecule has 1 aliphatic rings. The molecule has 2 rings (SSSR count). The van der Waals surface area contributed by atoms with Crippen LogP contribution in [0, 0.1) is 5.82 Å². The SMILES string of the molecule is NC(=S)CCN(Cc1c(F)cccc1Cl)C1CC1. The highest BCUT2D eigenvalue weighted by Gasteiger charge is 2.29. The number of halogens is 2. The van der Waals surface area contributed by atoms with E-state index in [9.17, 15) is 4.39 Å². The molecule has 0 atom stereocenters. The van der Waals surface area contributed by atoms with Gasteiger partial charge in [-0.15, -0.1) is 0 Å². The van der Waals surface area contributed by atoms with Crippen LogP contribution in [0.15, 0.2) is 18.2 Å². The van der Waals surface area contributed by atoms with Crippen LogP contribution in [-0.4, -0.2) is 22.5 Å². The minimum Gasteiger partial charge on any atom is -0.393 e. The van der Waals surface area contributed by atoms with Crippen LogP contribution < -0.4 is 5.73 Å². The molecule has 1 aliphatic carbocycles. The molecule has 2 nitrogen and oxygen atoms in total. The summed E-state index contributed by atoms with van der Waals surface area (Å²) in [5, 5.41) is 0.482. The zero-order valence-corrected chi connectivity index (χ0v) is 11.6. The predicted octanol–water partition coefficient (Wildman–Crippen LogP) is 3.12. The molecule has 1 aromatic rings. The summed E-state index contributed by atoms with van der Waals surface area (Å²) in [5.41, 5.74) is 6.08. The molecule has 0 amide bonds. The first kappa shape index (κ1) is 13.7. The average Bonchev–Trinajstić information content (AvgIpc) is 3.11. The molecule has 2 N–H and O–H groups in total. The van der Waals surface area contributed by atoms with Gasteiger partial charge in [0, 0.05) is 36.1 Å². The van der Waals surface area contributed by atoms with E-state index < -0.39 is 0 Å². The minimum atomic E-state index is -0.247. The van der Waals surface area contributed by atoms with Crippen molar-refractivity contribution in [3.63, 3.8) is 0 Å². The van der Waals surface area contributed by atoms with E-state index in [2.05, 4.69) is 4.90 Å². The Kier molecular flexibility index (Phi) is 4.54. The van der Waals surface area contributed by atoms with Crippen molar-refractivity contribution in [2.24, 2.45) is 5.73 Å². The molecule has 0 unspecified atom stereocenters. The van der Waals surface area contributed by atoms with E-state index in [1.807, 2.05) is 0 Å². The third kappa shape index (κ3) is 3.64. The number of hydrogen-bond acceptors (Lipinski definition) is 2. The maximum Gasteiger partial charge on any atom is 0.129 e. The van der Waals surface area contributed by atoms with E-state index in [1.165, 1.54) is 6.07 Å². The van der Waals surface area contributed by atoms with Crippen LogP contribution in [0.5, 0.6) is 0 Å². The molecule has 0 radical (unpaired) electrons. The smallest absolute Gasteiger partial charge is 0.129 e. The Hall–Kier alpha value is -0.710. The molecule has 98 valence electrons. The molecule has 1 fully saturated rings. The molecule has 1 saturated carbocycles. The average molecular weight is 287 g/mol. The van der Waals surface area contributed by atoms with Crippen molar-refractivity contribution >= 4 is 28.8 Å². The zero-order chi connectivity index (χ0) is 13.1. The van der Waals surface area contributed by atoms with Gasteiger partial charge in [0.25, 0.3) is 0 Å². The van der Waals surface area contributed by atoms with Crippen molar-refractivity contribution in [3.8, 4) is 0 Å². The lowest BCUT2D eigenvalue weighted by Crippen LogP contribution is -2.29. The molecule has 0 aromatic heterocycles. The predicted molar refractivity (Wildman–Crippen MR) is 76.2 cm³/mol. The van der Waals surface area contributed by atoms with Crippen LogP contribution in [0.1, 0.15) is 24.8 Å². The van der Waals surface area contributed by atoms with E-state index in [4.69, 9.17) is 29.6 Å². The quantitative estimate of drug-likeness (QED) is 0.815. The number of hydrogen-bond donors (Lipinski definition) is 1. The summed E-state index contributed by atoms with van der Waals surface area (Å²) in [6.45, 7) is 1.30. The first-order chi connectivity index (χ1) is 8.58. The number of rotatable bonds is 6. The fourth-order valence-electron chi connectivity index (χ4n) is 1.97. The van der Waals surface area contributed by atoms with E-state index in [0.717, 1.165) is 19.4 Å². The Balaban J connectivity index is 2.06. The Morgan fingerprint density at radius 3 is 2.78 bits per heavy atom. The highest BCUT2D eigenvalue weighted by atomic mass is 35.5. The molecule has 0 bridgehead atoms. The third-order valence-corrected chi connectivity index (χ3v) is 3.69. The lowest BCUT2D eigenvalue weighted by atomic mass is 10.2. The number of nitrogens with two attached hydrogens (primary N) is 1. The van der Waals surface area contributed by atoms with Crippen molar-refractivity contribution in [1.29, 1.82) is 0 Å². The summed E-state index contributed by atoms with van der Waals surface area (Å²) in [5.74, 6) is -0.247. The van der Waals surface area contributed by atoms with Crippen LogP contribution in [-0.2, 0) is 6.54 Å². The van der Waals surface area contributed by atoms with E-state index >= 15 is 0 Å². The Morgan fingerprint density at radius 2 is 2.22 bits per heavy atom. The van der Waals surface area contributed by atoms with Gasteiger partial charge in [-0.1, -0.05) is 29.9 Å². The second-order valence-electron chi connectivity index (χ2n) is 4.62. The first-order valence-electron chi connectivity index (χ1n) is 6.03. The first-order valence-corrected chi connectivity index (χ1v) is 6.82. The van der Waals surface area contributed by atoms with Crippen LogP contribution in [0.3, 0.4) is 0 Å². The summed E-state index contributed by atoms with van der Waals surface area (Å²) in [6, 6.07) is 5.31. The monoisotopic (exact) mass is 286 g/mol. The van der Waals surface area contributed by atoms with Gasteiger partial charge in [0.15, 0.2) is 0 Å². The molecule has 0 aliphatic heterocycles. The van der Waals surface area contributed by atoms with Crippen molar-refractivity contribution < 1.29 is 4.39 Å². The fraction of sp³-hybridized carbons (Fsp3) is 0.462. The van der Waals surface area contributed by atoms with Gasteiger partial charge >= 0.3 is 0 Å². The summed E-state index contributed by atoms with van der Waals surface area (Å²) in [6.07, 6.45) is 2.98. The summed E-state index contributed by atoms with van der Waals surface area (Å²) in [7, 11) is 0. The highest BCUT2D eigenvalue weighted by Crippen LogP contribution is 2.30. The highest BCUT2D eigenvalue weighted by molar-refractivity contribution is 7.80. The molecule has 5 heteroatoms. The van der Waals surface area contributed by atoms with Crippen molar-refractivity contribution in [2.45, 2.75) is 31.8 Å². The van der Waals surface area contributed by atoms with Crippen LogP contribution in [0.4, 0.5) is 4.39 Å². The molecular formula is C13H16ClFN2S. The summed E-state index contributed by atoms with van der Waals surface area (Å²) in [4.78, 5) is 2.71. The van der Waals surface area contributed by atoms with Gasteiger partial charge in [-0.05, 0) is 25.0 Å². The van der Waals surface area contributed by atoms with Gasteiger partial charge in [-0.3, -0.25) is 4.90 Å². The normalized spacial score (nSPS) is 15.1. The minimum absolute atomic E-state index is 0.247. The standard InChI is InChI=1S/C13H16ClFN2S/c14-11-2-1-3-12(15)10(11)8-17(9-4-5-9)7-6-13(16)18/h1-3,9H,4-8H2,(H2,16,18). The van der Waals surface area contributed by atoms with E-state index in [-0.39, 0.29) is 5.82 Å². The van der Waals surface area contributed by atoms with E-state index in [0.29, 0.717) is 34.6 Å². The van der Waals surface area contributed by atoms with Gasteiger partial charge in [0.2, 0.25) is 0 Å². The van der Waals surface area contributed by atoms with Gasteiger partial charge in [0.1, 0.15) is 5.82 Å². The maximum atomic E-state index is 13.7. The lowest BCUT2D eigenvalue weighted by molar-refractivity contribution is 0.259. The summed E-state index contributed by atoms with van der Waals surface area (Å²) >= 11 is 10.9. The molecular weight excluding hydrogens is 271 g/mol. The molecule has 0 spiro atoms.